The molecule has 1 unspecified atom stereocenters. The topological polar surface area (TPSA) is 41.6 Å². The molecule has 4 heteroatoms. The van der Waals surface area contributed by atoms with Gasteiger partial charge in [0.25, 0.3) is 0 Å². The maximum absolute atomic E-state index is 12.2. The van der Waals surface area contributed by atoms with Crippen molar-refractivity contribution in [1.29, 1.82) is 0 Å². The van der Waals surface area contributed by atoms with Crippen molar-refractivity contribution in [3.63, 3.8) is 0 Å². The number of carbonyl (C=O) groups is 1. The summed E-state index contributed by atoms with van der Waals surface area (Å²) in [6, 6.07) is 0.0816. The molecule has 1 spiro atoms. The summed E-state index contributed by atoms with van der Waals surface area (Å²) >= 11 is 0. The number of amides is 1. The molecule has 2 fully saturated rings. The molecule has 0 aromatic heterocycles. The van der Waals surface area contributed by atoms with Crippen molar-refractivity contribution in [2.75, 3.05) is 33.4 Å². The van der Waals surface area contributed by atoms with Gasteiger partial charge in [-0.1, -0.05) is 13.3 Å². The molecule has 106 valence electrons. The van der Waals surface area contributed by atoms with Crippen molar-refractivity contribution in [2.45, 2.75) is 45.1 Å². The van der Waals surface area contributed by atoms with E-state index >= 15 is 0 Å². The van der Waals surface area contributed by atoms with Crippen LogP contribution in [0.3, 0.4) is 0 Å². The molecule has 2 rings (SSSR count). The lowest BCUT2D eigenvalue weighted by Crippen LogP contribution is -2.56. The van der Waals surface area contributed by atoms with Crippen molar-refractivity contribution in [2.24, 2.45) is 5.41 Å². The van der Waals surface area contributed by atoms with Gasteiger partial charge in [0, 0.05) is 21.6 Å². The first-order valence-electron chi connectivity index (χ1n) is 7.21. The molecule has 4 nitrogen and oxygen atoms in total. The van der Waals surface area contributed by atoms with Crippen LogP contribution in [0.5, 0.6) is 0 Å². The summed E-state index contributed by atoms with van der Waals surface area (Å²) in [7, 11) is 1.66. The summed E-state index contributed by atoms with van der Waals surface area (Å²) < 4.78 is 4.96. The number of hydrogen-bond acceptors (Lipinski definition) is 3. The number of methoxy groups -OCH3 is 1. The minimum atomic E-state index is 0. The van der Waals surface area contributed by atoms with Gasteiger partial charge in [0.05, 0.1) is 12.6 Å². The van der Waals surface area contributed by atoms with Gasteiger partial charge < -0.3 is 10.1 Å². The molecule has 0 aromatic carbocycles. The lowest BCUT2D eigenvalue weighted by molar-refractivity contribution is -0.131. The van der Waals surface area contributed by atoms with Gasteiger partial charge in [-0.15, -0.1) is 0 Å². The van der Waals surface area contributed by atoms with Crippen molar-refractivity contribution in [1.82, 2.24) is 10.2 Å². The van der Waals surface area contributed by atoms with E-state index in [1.807, 2.05) is 0 Å². The second-order valence-electron chi connectivity index (χ2n) is 5.75. The lowest BCUT2D eigenvalue weighted by atomic mass is 9.63. The quantitative estimate of drug-likeness (QED) is 0.761. The highest BCUT2D eigenvalue weighted by Gasteiger charge is 2.44. The summed E-state index contributed by atoms with van der Waals surface area (Å²) in [5.41, 5.74) is 0.555. The second kappa shape index (κ2) is 6.02. The van der Waals surface area contributed by atoms with E-state index in [4.69, 9.17) is 4.74 Å². The number of nitrogens with zero attached hydrogens (tertiary/aromatic N) is 1. The fourth-order valence-corrected chi connectivity index (χ4v) is 3.35. The Labute approximate surface area is 112 Å². The molecule has 0 bridgehead atoms. The predicted octanol–water partition coefficient (Wildman–Crippen LogP) is 1.65. The molecule has 1 aliphatic carbocycles. The van der Waals surface area contributed by atoms with Gasteiger partial charge in [-0.05, 0) is 37.6 Å². The highest BCUT2D eigenvalue weighted by atomic mass is 16.5. The maximum Gasteiger partial charge on any atom is 0.237 e. The number of hydrogen-bond donors (Lipinski definition) is 1. The van der Waals surface area contributed by atoms with Gasteiger partial charge in [0.2, 0.25) is 5.91 Å². The van der Waals surface area contributed by atoms with Crippen LogP contribution in [0, 0.1) is 5.41 Å². The molecule has 1 heterocycles. The Balaban J connectivity index is 0.00000180. The molecular formula is C14H28N2O2. The zero-order chi connectivity index (χ0) is 13.0. The number of piperidine rings is 1. The number of likely N-dealkylation sites (tertiary alicyclic amines) is 1. The van der Waals surface area contributed by atoms with E-state index in [9.17, 15) is 4.79 Å². The molecule has 1 atom stereocenters. The van der Waals surface area contributed by atoms with E-state index < -0.39 is 0 Å². The molecular weight excluding hydrogens is 228 g/mol. The van der Waals surface area contributed by atoms with Gasteiger partial charge in [0.15, 0.2) is 0 Å². The first-order chi connectivity index (χ1) is 8.71. The zero-order valence-electron chi connectivity index (χ0n) is 11.7. The summed E-state index contributed by atoms with van der Waals surface area (Å²) in [5, 5.41) is 2.98. The van der Waals surface area contributed by atoms with Gasteiger partial charge in [0.1, 0.15) is 0 Å². The fraction of sp³-hybridized carbons (Fsp3) is 0.929. The molecule has 0 aromatic rings. The highest BCUT2D eigenvalue weighted by Crippen LogP contribution is 2.48. The van der Waals surface area contributed by atoms with Crippen molar-refractivity contribution in [3.05, 3.63) is 0 Å². The van der Waals surface area contributed by atoms with Crippen LogP contribution in [0.4, 0.5) is 0 Å². The Morgan fingerprint density at radius 3 is 2.83 bits per heavy atom. The van der Waals surface area contributed by atoms with E-state index in [0.29, 0.717) is 18.6 Å². The minimum Gasteiger partial charge on any atom is -0.383 e. The van der Waals surface area contributed by atoms with E-state index in [-0.39, 0.29) is 13.4 Å². The zero-order valence-corrected chi connectivity index (χ0v) is 11.7. The Morgan fingerprint density at radius 1 is 1.50 bits per heavy atom. The van der Waals surface area contributed by atoms with Crippen LogP contribution in [0.1, 0.15) is 40.5 Å². The fourth-order valence-electron chi connectivity index (χ4n) is 3.35. The monoisotopic (exact) mass is 256 g/mol. The van der Waals surface area contributed by atoms with Crippen LogP contribution in [0.25, 0.3) is 0 Å². The SMILES string of the molecule is CCN1CC2(CCC2)CCC1C(=O)NCCOC.[HH]. The van der Waals surface area contributed by atoms with E-state index in [2.05, 4.69) is 17.1 Å². The standard InChI is InChI=1S/C14H26N2O2.H2/c1-3-16-11-14(6-4-7-14)8-5-12(16)13(17)15-9-10-18-2;/h12H,3-11H2,1-2H3,(H,15,17);1H. The van der Waals surface area contributed by atoms with Crippen molar-refractivity contribution < 1.29 is 11.0 Å². The first-order valence-corrected chi connectivity index (χ1v) is 7.21. The van der Waals surface area contributed by atoms with E-state index in [1.165, 1.54) is 25.7 Å². The molecule has 1 amide bonds. The van der Waals surface area contributed by atoms with Crippen LogP contribution < -0.4 is 5.32 Å². The van der Waals surface area contributed by atoms with Gasteiger partial charge in [-0.3, -0.25) is 9.69 Å². The maximum atomic E-state index is 12.2. The smallest absolute Gasteiger partial charge is 0.237 e. The normalized spacial score (nSPS) is 26.9. The van der Waals surface area contributed by atoms with Crippen LogP contribution in [-0.4, -0.2) is 50.2 Å². The Bertz CT molecular complexity index is 295. The number of likely N-dealkylation sites (N-methyl/N-ethyl adjacent to an activating group) is 1. The number of nitrogens with one attached hydrogen (secondary N) is 1. The first kappa shape index (κ1) is 13.8. The Hall–Kier alpha value is -0.610. The van der Waals surface area contributed by atoms with E-state index in [1.54, 1.807) is 7.11 Å². The average molecular weight is 256 g/mol. The minimum absolute atomic E-state index is 0. The molecule has 1 aliphatic heterocycles. The molecule has 18 heavy (non-hydrogen) atoms. The van der Waals surface area contributed by atoms with Gasteiger partial charge >= 0.3 is 0 Å². The van der Waals surface area contributed by atoms with Crippen LogP contribution in [0.2, 0.25) is 0 Å². The predicted molar refractivity (Wildman–Crippen MR) is 73.6 cm³/mol. The molecule has 1 N–H and O–H groups in total. The molecule has 2 aliphatic rings. The summed E-state index contributed by atoms with van der Waals surface area (Å²) in [5.74, 6) is 0.183. The number of ether oxygens (including phenoxy) is 1. The molecule has 1 saturated carbocycles. The summed E-state index contributed by atoms with van der Waals surface area (Å²) in [6.45, 7) is 5.46. The van der Waals surface area contributed by atoms with Crippen molar-refractivity contribution >= 4 is 5.91 Å². The third kappa shape index (κ3) is 2.86. The average Bonchev–Trinajstić information content (AvgIpc) is 2.36. The molecule has 0 radical (unpaired) electrons. The third-order valence-corrected chi connectivity index (χ3v) is 4.66. The highest BCUT2D eigenvalue weighted by molar-refractivity contribution is 5.81. The van der Waals surface area contributed by atoms with Gasteiger partial charge in [-0.25, -0.2) is 0 Å². The Morgan fingerprint density at radius 2 is 2.28 bits per heavy atom. The summed E-state index contributed by atoms with van der Waals surface area (Å²) in [6.07, 6.45) is 6.35. The molecule has 1 saturated heterocycles. The number of rotatable bonds is 5. The van der Waals surface area contributed by atoms with Gasteiger partial charge in [-0.2, -0.15) is 0 Å². The summed E-state index contributed by atoms with van der Waals surface area (Å²) in [4.78, 5) is 14.5. The van der Waals surface area contributed by atoms with E-state index in [0.717, 1.165) is 19.5 Å². The second-order valence-corrected chi connectivity index (χ2v) is 5.75. The van der Waals surface area contributed by atoms with Crippen LogP contribution in [-0.2, 0) is 9.53 Å². The largest absolute Gasteiger partial charge is 0.383 e. The lowest BCUT2D eigenvalue weighted by Gasteiger charge is -2.51. The Kier molecular flexibility index (Phi) is 4.62. The van der Waals surface area contributed by atoms with Crippen LogP contribution in [0.15, 0.2) is 0 Å². The number of carbonyl (C=O) groups excluding carboxylic acids is 1. The van der Waals surface area contributed by atoms with Crippen molar-refractivity contribution in [3.8, 4) is 0 Å². The third-order valence-electron chi connectivity index (χ3n) is 4.66. The van der Waals surface area contributed by atoms with Crippen LogP contribution >= 0.6 is 0 Å².